The van der Waals surface area contributed by atoms with Crippen LogP contribution in [-0.4, -0.2) is 16.1 Å². The van der Waals surface area contributed by atoms with Crippen LogP contribution in [0, 0.1) is 5.82 Å². The molecular formula is C13H7F4NO3. The first-order chi connectivity index (χ1) is 9.77. The molecule has 21 heavy (non-hydrogen) atoms. The Balaban J connectivity index is 2.30. The molecule has 0 spiro atoms. The molecule has 0 aliphatic carbocycles. The van der Waals surface area contributed by atoms with Gasteiger partial charge in [0.1, 0.15) is 17.1 Å². The van der Waals surface area contributed by atoms with E-state index in [1.807, 2.05) is 0 Å². The van der Waals surface area contributed by atoms with E-state index in [4.69, 9.17) is 9.84 Å². The van der Waals surface area contributed by atoms with E-state index in [2.05, 4.69) is 4.98 Å². The standard InChI is InChI=1S/C13H7F4NO3/c14-8-2-3-9(12(19)20)10(5-8)21-11-4-1-7(6-18-11)13(15,16)17/h1-6H,(H,19,20). The monoisotopic (exact) mass is 301 g/mol. The maximum Gasteiger partial charge on any atom is 0.417 e. The number of carboxylic acid groups (broad SMARTS) is 1. The number of ether oxygens (including phenoxy) is 1. The highest BCUT2D eigenvalue weighted by atomic mass is 19.4. The highest BCUT2D eigenvalue weighted by molar-refractivity contribution is 5.90. The fourth-order valence-electron chi connectivity index (χ4n) is 1.48. The van der Waals surface area contributed by atoms with Crippen molar-refractivity contribution in [1.29, 1.82) is 0 Å². The number of rotatable bonds is 3. The number of benzene rings is 1. The van der Waals surface area contributed by atoms with E-state index in [9.17, 15) is 22.4 Å². The number of halogens is 4. The Hall–Kier alpha value is -2.64. The largest absolute Gasteiger partial charge is 0.478 e. The van der Waals surface area contributed by atoms with Gasteiger partial charge in [0.15, 0.2) is 0 Å². The lowest BCUT2D eigenvalue weighted by Crippen LogP contribution is -2.05. The number of hydrogen-bond acceptors (Lipinski definition) is 3. The molecule has 1 heterocycles. The summed E-state index contributed by atoms with van der Waals surface area (Å²) in [5.74, 6) is -2.75. The molecule has 8 heteroatoms. The zero-order chi connectivity index (χ0) is 15.6. The summed E-state index contributed by atoms with van der Waals surface area (Å²) in [4.78, 5) is 14.4. The van der Waals surface area contributed by atoms with Crippen LogP contribution in [0.5, 0.6) is 11.6 Å². The fraction of sp³-hybridized carbons (Fsp3) is 0.0769. The minimum absolute atomic E-state index is 0.281. The zero-order valence-electron chi connectivity index (χ0n) is 10.2. The number of aromatic carboxylic acids is 1. The molecule has 0 radical (unpaired) electrons. The van der Waals surface area contributed by atoms with Crippen LogP contribution in [0.1, 0.15) is 15.9 Å². The van der Waals surface area contributed by atoms with Gasteiger partial charge in [-0.2, -0.15) is 13.2 Å². The molecule has 0 bridgehead atoms. The third-order valence-electron chi connectivity index (χ3n) is 2.45. The molecule has 0 saturated heterocycles. The molecule has 0 saturated carbocycles. The number of pyridine rings is 1. The van der Waals surface area contributed by atoms with Gasteiger partial charge in [0, 0.05) is 18.3 Å². The van der Waals surface area contributed by atoms with E-state index < -0.39 is 23.5 Å². The second-order valence-electron chi connectivity index (χ2n) is 3.93. The molecule has 1 aromatic heterocycles. The molecule has 0 atom stereocenters. The van der Waals surface area contributed by atoms with Crippen molar-refractivity contribution >= 4 is 5.97 Å². The van der Waals surface area contributed by atoms with Gasteiger partial charge in [-0.15, -0.1) is 0 Å². The first-order valence-electron chi connectivity index (χ1n) is 5.51. The summed E-state index contributed by atoms with van der Waals surface area (Å²) in [6, 6.07) is 4.36. The number of aromatic nitrogens is 1. The average Bonchev–Trinajstić information content (AvgIpc) is 2.38. The van der Waals surface area contributed by atoms with E-state index in [-0.39, 0.29) is 17.2 Å². The Labute approximate surface area is 115 Å². The van der Waals surface area contributed by atoms with Gasteiger partial charge in [-0.05, 0) is 18.2 Å². The van der Waals surface area contributed by atoms with E-state index in [0.29, 0.717) is 6.20 Å². The van der Waals surface area contributed by atoms with Gasteiger partial charge in [-0.25, -0.2) is 14.2 Å². The molecule has 2 rings (SSSR count). The first kappa shape index (κ1) is 14.8. The second kappa shape index (κ2) is 5.39. The van der Waals surface area contributed by atoms with E-state index >= 15 is 0 Å². The average molecular weight is 301 g/mol. The normalized spacial score (nSPS) is 11.2. The summed E-state index contributed by atoms with van der Waals surface area (Å²) in [7, 11) is 0. The predicted molar refractivity (Wildman–Crippen MR) is 62.7 cm³/mol. The van der Waals surface area contributed by atoms with Crippen LogP contribution in [-0.2, 0) is 6.18 Å². The number of carboxylic acids is 1. The van der Waals surface area contributed by atoms with Crippen LogP contribution >= 0.6 is 0 Å². The number of alkyl halides is 3. The lowest BCUT2D eigenvalue weighted by Gasteiger charge is -2.09. The minimum Gasteiger partial charge on any atom is -0.478 e. The van der Waals surface area contributed by atoms with Crippen molar-refractivity contribution in [2.45, 2.75) is 6.18 Å². The molecular weight excluding hydrogens is 294 g/mol. The zero-order valence-corrected chi connectivity index (χ0v) is 10.2. The minimum atomic E-state index is -4.55. The van der Waals surface area contributed by atoms with Crippen LogP contribution in [0.2, 0.25) is 0 Å². The maximum atomic E-state index is 13.1. The molecule has 4 nitrogen and oxygen atoms in total. The Morgan fingerprint density at radius 1 is 1.19 bits per heavy atom. The number of hydrogen-bond donors (Lipinski definition) is 1. The van der Waals surface area contributed by atoms with Gasteiger partial charge in [0.2, 0.25) is 5.88 Å². The van der Waals surface area contributed by atoms with Crippen molar-refractivity contribution in [1.82, 2.24) is 4.98 Å². The Kier molecular flexibility index (Phi) is 3.79. The van der Waals surface area contributed by atoms with Gasteiger partial charge >= 0.3 is 12.1 Å². The number of nitrogens with zero attached hydrogens (tertiary/aromatic N) is 1. The molecule has 0 fully saturated rings. The van der Waals surface area contributed by atoms with E-state index in [1.165, 1.54) is 0 Å². The summed E-state index contributed by atoms with van der Waals surface area (Å²) < 4.78 is 55.2. The van der Waals surface area contributed by atoms with E-state index in [1.54, 1.807) is 0 Å². The highest BCUT2D eigenvalue weighted by Gasteiger charge is 2.30. The van der Waals surface area contributed by atoms with Crippen molar-refractivity contribution < 1.29 is 32.2 Å². The third kappa shape index (κ3) is 3.47. The number of carbonyl (C=O) groups is 1. The van der Waals surface area contributed by atoms with Gasteiger partial charge in [0.25, 0.3) is 0 Å². The van der Waals surface area contributed by atoms with Gasteiger partial charge < -0.3 is 9.84 Å². The molecule has 0 aliphatic rings. The van der Waals surface area contributed by atoms with Crippen molar-refractivity contribution in [3.8, 4) is 11.6 Å². The topological polar surface area (TPSA) is 59.4 Å². The van der Waals surface area contributed by atoms with E-state index in [0.717, 1.165) is 30.3 Å². The predicted octanol–water partition coefficient (Wildman–Crippen LogP) is 3.73. The van der Waals surface area contributed by atoms with Crippen LogP contribution in [0.4, 0.5) is 17.6 Å². The molecule has 0 aliphatic heterocycles. The maximum absolute atomic E-state index is 13.1. The highest BCUT2D eigenvalue weighted by Crippen LogP contribution is 2.30. The van der Waals surface area contributed by atoms with Crippen LogP contribution in [0.3, 0.4) is 0 Å². The van der Waals surface area contributed by atoms with Gasteiger partial charge in [0.05, 0.1) is 5.56 Å². The van der Waals surface area contributed by atoms with Gasteiger partial charge in [-0.1, -0.05) is 0 Å². The smallest absolute Gasteiger partial charge is 0.417 e. The summed E-state index contributed by atoms with van der Waals surface area (Å²) in [5.41, 5.74) is -1.31. The van der Waals surface area contributed by atoms with Crippen LogP contribution in [0.15, 0.2) is 36.5 Å². The molecule has 0 amide bonds. The summed E-state index contributed by atoms with van der Waals surface area (Å²) in [5, 5.41) is 8.91. The molecule has 1 aromatic carbocycles. The molecule has 0 unspecified atom stereocenters. The van der Waals surface area contributed by atoms with Crippen LogP contribution in [0.25, 0.3) is 0 Å². The second-order valence-corrected chi connectivity index (χ2v) is 3.93. The lowest BCUT2D eigenvalue weighted by atomic mass is 10.2. The summed E-state index contributed by atoms with van der Waals surface area (Å²) in [6.45, 7) is 0. The quantitative estimate of drug-likeness (QED) is 0.878. The third-order valence-corrected chi connectivity index (χ3v) is 2.45. The fourth-order valence-corrected chi connectivity index (χ4v) is 1.48. The summed E-state index contributed by atoms with van der Waals surface area (Å²) >= 11 is 0. The molecule has 1 N–H and O–H groups in total. The van der Waals surface area contributed by atoms with Gasteiger partial charge in [-0.3, -0.25) is 0 Å². The molecule has 2 aromatic rings. The van der Waals surface area contributed by atoms with Crippen LogP contribution < -0.4 is 4.74 Å². The van der Waals surface area contributed by atoms with Crippen molar-refractivity contribution in [2.24, 2.45) is 0 Å². The SMILES string of the molecule is O=C(O)c1ccc(F)cc1Oc1ccc(C(F)(F)F)cn1. The first-order valence-corrected chi connectivity index (χ1v) is 5.51. The van der Waals surface area contributed by atoms with Crippen molar-refractivity contribution in [2.75, 3.05) is 0 Å². The summed E-state index contributed by atoms with van der Waals surface area (Å²) in [6.07, 6.45) is -4.01. The Morgan fingerprint density at radius 3 is 2.43 bits per heavy atom. The van der Waals surface area contributed by atoms with Crippen molar-refractivity contribution in [3.05, 3.63) is 53.5 Å². The molecule has 110 valence electrons. The van der Waals surface area contributed by atoms with Crippen molar-refractivity contribution in [3.63, 3.8) is 0 Å². The Bertz CT molecular complexity index is 668. The Morgan fingerprint density at radius 2 is 1.90 bits per heavy atom. The lowest BCUT2D eigenvalue weighted by molar-refractivity contribution is -0.137.